The van der Waals surface area contributed by atoms with Gasteiger partial charge in [-0.3, -0.25) is 14.5 Å². The molecule has 5 heteroatoms. The summed E-state index contributed by atoms with van der Waals surface area (Å²) in [5, 5.41) is -0.204. The molecule has 2 amide bonds. The van der Waals surface area contributed by atoms with E-state index < -0.39 is 0 Å². The van der Waals surface area contributed by atoms with Crippen LogP contribution in [0.15, 0.2) is 0 Å². The van der Waals surface area contributed by atoms with E-state index in [1.165, 1.54) is 23.7 Å². The molecule has 0 aliphatic carbocycles. The molecule has 0 aromatic carbocycles. The Kier molecular flexibility index (Phi) is 3.95. The van der Waals surface area contributed by atoms with Crippen LogP contribution in [0.4, 0.5) is 0 Å². The molecule has 4 nitrogen and oxygen atoms in total. The molecule has 0 bridgehead atoms. The van der Waals surface area contributed by atoms with Crippen LogP contribution in [0.25, 0.3) is 0 Å². The highest BCUT2D eigenvalue weighted by molar-refractivity contribution is 8.00. The van der Waals surface area contributed by atoms with Crippen molar-refractivity contribution in [3.8, 4) is 0 Å². The second-order valence-electron chi connectivity index (χ2n) is 3.49. The minimum absolute atomic E-state index is 0.0803. The molecule has 0 radical (unpaired) electrons. The lowest BCUT2D eigenvalue weighted by atomic mass is 10.3. The highest BCUT2D eigenvalue weighted by Gasteiger charge is 2.36. The lowest BCUT2D eigenvalue weighted by Crippen LogP contribution is -2.28. The fourth-order valence-electron chi connectivity index (χ4n) is 1.21. The smallest absolute Gasteiger partial charge is 0.242 e. The Bertz CT molecular complexity index is 245. The van der Waals surface area contributed by atoms with Crippen molar-refractivity contribution in [2.75, 3.05) is 12.8 Å². The van der Waals surface area contributed by atoms with Crippen molar-refractivity contribution in [2.24, 2.45) is 5.73 Å². The Morgan fingerprint density at radius 1 is 1.64 bits per heavy atom. The first-order valence-corrected chi connectivity index (χ1v) is 5.78. The maximum atomic E-state index is 11.5. The van der Waals surface area contributed by atoms with Crippen molar-refractivity contribution in [1.29, 1.82) is 0 Å². The first-order chi connectivity index (χ1) is 6.56. The molecular formula is C9H16N2O2S. The lowest BCUT2D eigenvalue weighted by molar-refractivity contribution is -0.136. The molecule has 2 N–H and O–H groups in total. The average molecular weight is 216 g/mol. The summed E-state index contributed by atoms with van der Waals surface area (Å²) in [7, 11) is 1.53. The number of rotatable bonds is 4. The van der Waals surface area contributed by atoms with Gasteiger partial charge >= 0.3 is 0 Å². The summed E-state index contributed by atoms with van der Waals surface area (Å²) >= 11 is 1.50. The van der Waals surface area contributed by atoms with Gasteiger partial charge in [-0.2, -0.15) is 0 Å². The molecule has 1 fully saturated rings. The number of nitrogens with zero attached hydrogens (tertiary/aromatic N) is 1. The van der Waals surface area contributed by atoms with Crippen LogP contribution in [0.3, 0.4) is 0 Å². The molecule has 0 aromatic heterocycles. The Morgan fingerprint density at radius 3 is 2.71 bits per heavy atom. The number of hydrogen-bond donors (Lipinski definition) is 1. The number of carbonyl (C=O) groups is 2. The maximum Gasteiger partial charge on any atom is 0.242 e. The van der Waals surface area contributed by atoms with Crippen LogP contribution in [0, 0.1) is 0 Å². The van der Waals surface area contributed by atoms with Crippen molar-refractivity contribution in [1.82, 2.24) is 4.90 Å². The van der Waals surface area contributed by atoms with Crippen LogP contribution in [0.2, 0.25) is 0 Å². The third-order valence-corrected chi connectivity index (χ3v) is 3.77. The Morgan fingerprint density at radius 2 is 2.29 bits per heavy atom. The van der Waals surface area contributed by atoms with Crippen LogP contribution in [0.5, 0.6) is 0 Å². The molecule has 0 spiro atoms. The molecule has 1 rings (SSSR count). The largest absolute Gasteiger partial charge is 0.327 e. The fourth-order valence-corrected chi connectivity index (χ4v) is 2.49. The van der Waals surface area contributed by atoms with Gasteiger partial charge in [-0.05, 0) is 6.42 Å². The van der Waals surface area contributed by atoms with Gasteiger partial charge in [-0.15, -0.1) is 11.8 Å². The number of hydrogen-bond acceptors (Lipinski definition) is 4. The van der Waals surface area contributed by atoms with E-state index in [0.717, 1.165) is 12.2 Å². The summed E-state index contributed by atoms with van der Waals surface area (Å²) in [5.41, 5.74) is 5.74. The molecule has 2 unspecified atom stereocenters. The van der Waals surface area contributed by atoms with Gasteiger partial charge in [0.15, 0.2) is 0 Å². The summed E-state index contributed by atoms with van der Waals surface area (Å²) in [6.45, 7) is 2.01. The SMILES string of the molecule is CCC(N)CSC1CC(=O)N(C)C1=O. The summed E-state index contributed by atoms with van der Waals surface area (Å²) in [5.74, 6) is 0.578. The molecule has 80 valence electrons. The van der Waals surface area contributed by atoms with E-state index in [0.29, 0.717) is 6.42 Å². The van der Waals surface area contributed by atoms with E-state index in [4.69, 9.17) is 5.73 Å². The Labute approximate surface area is 88.2 Å². The van der Waals surface area contributed by atoms with E-state index in [2.05, 4.69) is 0 Å². The van der Waals surface area contributed by atoms with Gasteiger partial charge in [-0.1, -0.05) is 6.92 Å². The van der Waals surface area contributed by atoms with Crippen LogP contribution in [-0.4, -0.2) is 40.8 Å². The summed E-state index contributed by atoms with van der Waals surface area (Å²) in [6.07, 6.45) is 1.23. The van der Waals surface area contributed by atoms with Crippen molar-refractivity contribution < 1.29 is 9.59 Å². The van der Waals surface area contributed by atoms with Gasteiger partial charge < -0.3 is 5.73 Å². The van der Waals surface area contributed by atoms with Gasteiger partial charge in [0.25, 0.3) is 0 Å². The molecule has 2 atom stereocenters. The Hall–Kier alpha value is -0.550. The second-order valence-corrected chi connectivity index (χ2v) is 4.72. The average Bonchev–Trinajstić information content (AvgIpc) is 2.42. The predicted octanol–water partition coefficient (Wildman–Crippen LogP) is 0.214. The summed E-state index contributed by atoms with van der Waals surface area (Å²) < 4.78 is 0. The van der Waals surface area contributed by atoms with Crippen LogP contribution in [-0.2, 0) is 9.59 Å². The zero-order chi connectivity index (χ0) is 10.7. The number of thioether (sulfide) groups is 1. The Balaban J connectivity index is 2.40. The maximum absolute atomic E-state index is 11.5. The molecule has 1 saturated heterocycles. The predicted molar refractivity (Wildman–Crippen MR) is 56.9 cm³/mol. The standard InChI is InChI=1S/C9H16N2O2S/c1-3-6(10)5-14-7-4-8(12)11(2)9(7)13/h6-7H,3-5,10H2,1-2H3. The van der Waals surface area contributed by atoms with E-state index in [1.807, 2.05) is 6.92 Å². The lowest BCUT2D eigenvalue weighted by Gasteiger charge is -2.11. The highest BCUT2D eigenvalue weighted by Crippen LogP contribution is 2.24. The van der Waals surface area contributed by atoms with Crippen LogP contribution >= 0.6 is 11.8 Å². The monoisotopic (exact) mass is 216 g/mol. The highest BCUT2D eigenvalue weighted by atomic mass is 32.2. The minimum atomic E-state index is -0.204. The summed E-state index contributed by atoms with van der Waals surface area (Å²) in [4.78, 5) is 23.8. The quantitative estimate of drug-likeness (QED) is 0.683. The fraction of sp³-hybridized carbons (Fsp3) is 0.778. The van der Waals surface area contributed by atoms with Gasteiger partial charge in [0, 0.05) is 25.3 Å². The molecule has 14 heavy (non-hydrogen) atoms. The van der Waals surface area contributed by atoms with Crippen LogP contribution in [0.1, 0.15) is 19.8 Å². The number of carbonyl (C=O) groups excluding carboxylic acids is 2. The molecule has 1 heterocycles. The van der Waals surface area contributed by atoms with E-state index >= 15 is 0 Å². The summed E-state index contributed by atoms with van der Waals surface area (Å²) in [6, 6.07) is 0.119. The van der Waals surface area contributed by atoms with Gasteiger partial charge in [0.05, 0.1) is 5.25 Å². The number of imide groups is 1. The zero-order valence-electron chi connectivity index (χ0n) is 8.53. The molecular weight excluding hydrogens is 200 g/mol. The molecule has 0 saturated carbocycles. The molecule has 0 aromatic rings. The minimum Gasteiger partial charge on any atom is -0.327 e. The van der Waals surface area contributed by atoms with E-state index in [-0.39, 0.29) is 23.1 Å². The van der Waals surface area contributed by atoms with Crippen molar-refractivity contribution in [3.63, 3.8) is 0 Å². The van der Waals surface area contributed by atoms with Crippen molar-refractivity contribution in [2.45, 2.75) is 31.1 Å². The van der Waals surface area contributed by atoms with Crippen molar-refractivity contribution >= 4 is 23.6 Å². The van der Waals surface area contributed by atoms with Crippen LogP contribution < -0.4 is 5.73 Å². The third kappa shape index (κ3) is 2.48. The topological polar surface area (TPSA) is 63.4 Å². The van der Waals surface area contributed by atoms with Gasteiger partial charge in [0.2, 0.25) is 11.8 Å². The number of likely N-dealkylation sites (tertiary alicyclic amines) is 1. The normalized spacial score (nSPS) is 24.5. The van der Waals surface area contributed by atoms with Gasteiger partial charge in [-0.25, -0.2) is 0 Å². The number of amides is 2. The number of nitrogens with two attached hydrogens (primary N) is 1. The first kappa shape index (κ1) is 11.5. The third-order valence-electron chi connectivity index (χ3n) is 2.38. The molecule has 1 aliphatic rings. The van der Waals surface area contributed by atoms with E-state index in [1.54, 1.807) is 0 Å². The van der Waals surface area contributed by atoms with Crippen molar-refractivity contribution in [3.05, 3.63) is 0 Å². The zero-order valence-corrected chi connectivity index (χ0v) is 9.34. The first-order valence-electron chi connectivity index (χ1n) is 4.73. The second kappa shape index (κ2) is 4.79. The van der Waals surface area contributed by atoms with E-state index in [9.17, 15) is 9.59 Å². The van der Waals surface area contributed by atoms with Gasteiger partial charge in [0.1, 0.15) is 0 Å². The molecule has 1 aliphatic heterocycles.